The number of carbonyl (C=O) groups excluding carboxylic acids is 4. The number of aliphatic hydroxyl groups excluding tert-OH is 1. The second kappa shape index (κ2) is 22.2. The van der Waals surface area contributed by atoms with Crippen molar-refractivity contribution in [3.8, 4) is 0 Å². The van der Waals surface area contributed by atoms with Gasteiger partial charge in [-0.25, -0.2) is 18.4 Å². The van der Waals surface area contributed by atoms with Gasteiger partial charge in [0.1, 0.15) is 42.1 Å². The van der Waals surface area contributed by atoms with Crippen molar-refractivity contribution in [1.82, 2.24) is 24.5 Å². The molecule has 0 bridgehead atoms. The van der Waals surface area contributed by atoms with E-state index in [1.807, 2.05) is 147 Å². The number of nitrogens with zero attached hydrogens (tertiary/aromatic N) is 5. The van der Waals surface area contributed by atoms with E-state index in [0.29, 0.717) is 25.2 Å². The molecular formula is C53H61F2N5O7. The first-order valence-electron chi connectivity index (χ1n) is 22.4. The van der Waals surface area contributed by atoms with Crippen molar-refractivity contribution in [2.75, 3.05) is 19.9 Å². The van der Waals surface area contributed by atoms with Gasteiger partial charge in [-0.1, -0.05) is 121 Å². The molecule has 0 unspecified atom stereocenters. The van der Waals surface area contributed by atoms with Crippen LogP contribution in [0.4, 0.5) is 18.4 Å². The lowest BCUT2D eigenvalue weighted by molar-refractivity contribution is -0.134. The number of halogens is 2. The van der Waals surface area contributed by atoms with Crippen LogP contribution in [0.5, 0.6) is 0 Å². The van der Waals surface area contributed by atoms with Crippen molar-refractivity contribution in [1.29, 1.82) is 0 Å². The van der Waals surface area contributed by atoms with E-state index in [-0.39, 0.29) is 38.8 Å². The zero-order valence-corrected chi connectivity index (χ0v) is 39.1. The molecule has 1 N–H and O–H groups in total. The molecule has 354 valence electrons. The highest BCUT2D eigenvalue weighted by Gasteiger charge is 2.49. The third-order valence-electron chi connectivity index (χ3n) is 11.0. The van der Waals surface area contributed by atoms with Crippen molar-refractivity contribution < 1.29 is 42.5 Å². The maximum absolute atomic E-state index is 14.5. The number of aliphatic hydroxyl groups is 1. The van der Waals surface area contributed by atoms with Gasteiger partial charge in [-0.3, -0.25) is 24.3 Å². The molecule has 0 spiro atoms. The molecule has 4 amide bonds. The van der Waals surface area contributed by atoms with E-state index in [1.54, 1.807) is 25.7 Å². The molecule has 7 rings (SSSR count). The van der Waals surface area contributed by atoms with Gasteiger partial charge in [0.05, 0.1) is 12.8 Å². The lowest BCUT2D eigenvalue weighted by atomic mass is 9.93. The van der Waals surface area contributed by atoms with Crippen molar-refractivity contribution in [3.63, 3.8) is 0 Å². The third kappa shape index (κ3) is 14.7. The van der Waals surface area contributed by atoms with E-state index < -0.39 is 59.1 Å². The van der Waals surface area contributed by atoms with Crippen LogP contribution in [-0.4, -0.2) is 103 Å². The molecule has 2 saturated heterocycles. The Balaban J connectivity index is 0.000000308. The minimum absolute atomic E-state index is 0.000136. The van der Waals surface area contributed by atoms with Gasteiger partial charge >= 0.3 is 12.2 Å². The molecule has 12 nitrogen and oxygen atoms in total. The summed E-state index contributed by atoms with van der Waals surface area (Å²) in [6.45, 7) is 12.4. The minimum atomic E-state index is -1.46. The second-order valence-electron chi connectivity index (χ2n) is 18.9. The Hall–Kier alpha value is -6.64. The van der Waals surface area contributed by atoms with Gasteiger partial charge in [0.2, 0.25) is 11.8 Å². The summed E-state index contributed by atoms with van der Waals surface area (Å²) in [5, 5.41) is 12.4. The molecule has 14 heteroatoms. The van der Waals surface area contributed by atoms with Crippen LogP contribution in [0.25, 0.3) is 0 Å². The molecule has 5 aromatic rings. The highest BCUT2D eigenvalue weighted by molar-refractivity contribution is 5.89. The Labute approximate surface area is 392 Å². The largest absolute Gasteiger partial charge is 0.444 e. The predicted octanol–water partition coefficient (Wildman–Crippen LogP) is 8.77. The van der Waals surface area contributed by atoms with Crippen molar-refractivity contribution in [2.45, 2.75) is 104 Å². The molecule has 2 heterocycles. The van der Waals surface area contributed by atoms with E-state index in [2.05, 4.69) is 0 Å². The fourth-order valence-electron chi connectivity index (χ4n) is 7.98. The van der Waals surface area contributed by atoms with Crippen LogP contribution in [0.2, 0.25) is 0 Å². The third-order valence-corrected chi connectivity index (χ3v) is 11.0. The van der Waals surface area contributed by atoms with Gasteiger partial charge in [-0.2, -0.15) is 0 Å². The number of hydrogen-bond donors (Lipinski definition) is 1. The number of rotatable bonds is 13. The van der Waals surface area contributed by atoms with Gasteiger partial charge in [0.15, 0.2) is 0 Å². The van der Waals surface area contributed by atoms with Crippen LogP contribution in [0.15, 0.2) is 140 Å². The van der Waals surface area contributed by atoms with Gasteiger partial charge in [-0.15, -0.1) is 0 Å². The predicted molar refractivity (Wildman–Crippen MR) is 251 cm³/mol. The number of amides is 4. The zero-order chi connectivity index (χ0) is 48.3. The Morgan fingerprint density at radius 1 is 0.627 bits per heavy atom. The maximum Gasteiger partial charge on any atom is 0.412 e. The van der Waals surface area contributed by atoms with Crippen LogP contribution in [0.3, 0.4) is 0 Å². The molecule has 3 atom stereocenters. The number of carbonyl (C=O) groups is 4. The average Bonchev–Trinajstić information content (AvgIpc) is 3.80. The molecule has 2 fully saturated rings. The maximum atomic E-state index is 14.5. The smallest absolute Gasteiger partial charge is 0.412 e. The van der Waals surface area contributed by atoms with Crippen LogP contribution in [-0.2, 0) is 51.7 Å². The Morgan fingerprint density at radius 3 is 1.52 bits per heavy atom. The topological polar surface area (TPSA) is 123 Å². The molecule has 2 aliphatic rings. The second-order valence-corrected chi connectivity index (χ2v) is 18.9. The van der Waals surface area contributed by atoms with Gasteiger partial charge < -0.3 is 24.4 Å². The first-order chi connectivity index (χ1) is 31.8. The number of ether oxygens (including phenoxy) is 2. The molecule has 0 radical (unpaired) electrons. The molecular weight excluding hydrogens is 857 g/mol. The highest BCUT2D eigenvalue weighted by atomic mass is 19.1. The summed E-state index contributed by atoms with van der Waals surface area (Å²) < 4.78 is 39.9. The molecule has 0 aromatic heterocycles. The minimum Gasteiger partial charge on any atom is -0.444 e. The Bertz CT molecular complexity index is 2360. The Kier molecular flexibility index (Phi) is 16.5. The van der Waals surface area contributed by atoms with Gasteiger partial charge in [-0.05, 0) is 87.9 Å². The van der Waals surface area contributed by atoms with E-state index >= 15 is 0 Å². The van der Waals surface area contributed by atoms with E-state index in [1.165, 1.54) is 26.8 Å². The van der Waals surface area contributed by atoms with E-state index in [9.17, 15) is 33.1 Å². The summed E-state index contributed by atoms with van der Waals surface area (Å²) in [6.07, 6.45) is -2.64. The van der Waals surface area contributed by atoms with Crippen molar-refractivity contribution in [2.24, 2.45) is 0 Å². The summed E-state index contributed by atoms with van der Waals surface area (Å²) in [5.41, 5.74) is 2.71. The number of hydrogen-bond acceptors (Lipinski definition) is 8. The Morgan fingerprint density at radius 2 is 1.06 bits per heavy atom. The molecule has 2 aliphatic heterocycles. The SMILES string of the molecule is CC(C)(C)OC(=O)N1CC(=O)N(Cc2ccccc2)C1.CC(C)(C)OC(=O)N1CN(Cc2ccccc2)C(=O)[C@@H]1[C@@H](O)[C@H](Cc1cc(F)cc(F)c1)N(Cc1ccccc1)Cc1ccccc1. The van der Waals surface area contributed by atoms with Gasteiger partial charge in [0.25, 0.3) is 0 Å². The fraction of sp³-hybridized carbons (Fsp3) is 0.358. The standard InChI is InChI=1S/C38H41F2N3O4.C15H20N2O3/c1-38(2,3)47-37(46)43-26-42(25-29-17-11-6-12-18-29)36(45)34(43)35(44)33(21-30-19-31(39)22-32(40)20-30)41(23-27-13-7-4-8-14-27)24-28-15-9-5-10-16-28;1-15(2,3)20-14(19)17-10-13(18)16(11-17)9-12-7-5-4-6-8-12/h4-20,22,33-35,44H,21,23-26H2,1-3H3;4-8H,9-11H2,1-3H3/t33-,34-,35-;/m0./s1. The molecule has 5 aromatic carbocycles. The van der Waals surface area contributed by atoms with Crippen LogP contribution < -0.4 is 0 Å². The van der Waals surface area contributed by atoms with E-state index in [4.69, 9.17) is 9.47 Å². The highest BCUT2D eigenvalue weighted by Crippen LogP contribution is 2.29. The molecule has 67 heavy (non-hydrogen) atoms. The molecule has 0 aliphatic carbocycles. The summed E-state index contributed by atoms with van der Waals surface area (Å²) in [5.74, 6) is -1.98. The monoisotopic (exact) mass is 917 g/mol. The quantitative estimate of drug-likeness (QED) is 0.125. The zero-order valence-electron chi connectivity index (χ0n) is 39.1. The lowest BCUT2D eigenvalue weighted by Gasteiger charge is -2.39. The summed E-state index contributed by atoms with van der Waals surface area (Å²) in [6, 6.07) is 39.5. The van der Waals surface area contributed by atoms with E-state index in [0.717, 1.165) is 28.3 Å². The van der Waals surface area contributed by atoms with Crippen LogP contribution in [0, 0.1) is 11.6 Å². The molecule has 0 saturated carbocycles. The van der Waals surface area contributed by atoms with Gasteiger partial charge in [0, 0.05) is 38.3 Å². The first kappa shape index (κ1) is 49.8. The van der Waals surface area contributed by atoms with Crippen molar-refractivity contribution >= 4 is 24.0 Å². The lowest BCUT2D eigenvalue weighted by Crippen LogP contribution is -2.56. The summed E-state index contributed by atoms with van der Waals surface area (Å²) in [7, 11) is 0. The fourth-order valence-corrected chi connectivity index (χ4v) is 7.98. The normalized spacial score (nSPS) is 16.2. The summed E-state index contributed by atoms with van der Waals surface area (Å²) >= 11 is 0. The van der Waals surface area contributed by atoms with Crippen LogP contribution in [0.1, 0.15) is 69.4 Å². The van der Waals surface area contributed by atoms with Crippen molar-refractivity contribution in [3.05, 3.63) is 179 Å². The first-order valence-corrected chi connectivity index (χ1v) is 22.4. The van der Waals surface area contributed by atoms with Crippen LogP contribution >= 0.6 is 0 Å². The average molecular weight is 918 g/mol. The summed E-state index contributed by atoms with van der Waals surface area (Å²) in [4.78, 5) is 59.6. The number of benzene rings is 5.